The fraction of sp³-hybridized carbons (Fsp3) is 0.462. The number of hydrogen-bond acceptors (Lipinski definition) is 5. The van der Waals surface area contributed by atoms with Crippen LogP contribution in [-0.2, 0) is 4.79 Å². The smallest absolute Gasteiger partial charge is 0.223 e. The van der Waals surface area contributed by atoms with Gasteiger partial charge in [-0.1, -0.05) is 6.07 Å². The van der Waals surface area contributed by atoms with Crippen LogP contribution in [0.4, 0.5) is 5.69 Å². The van der Waals surface area contributed by atoms with E-state index < -0.39 is 12.2 Å². The van der Waals surface area contributed by atoms with Crippen LogP contribution in [0.5, 0.6) is 5.75 Å². The monoisotopic (exact) mass is 268 g/mol. The molecule has 6 heteroatoms. The first-order valence-corrected chi connectivity index (χ1v) is 6.01. The molecule has 0 aliphatic carbocycles. The van der Waals surface area contributed by atoms with Gasteiger partial charge in [-0.3, -0.25) is 4.79 Å². The highest BCUT2D eigenvalue weighted by atomic mass is 16.5. The van der Waals surface area contributed by atoms with E-state index in [-0.39, 0.29) is 25.5 Å². The Kier molecular flexibility index (Phi) is 5.59. The van der Waals surface area contributed by atoms with Crippen molar-refractivity contribution in [1.29, 1.82) is 0 Å². The number of hydrogen-bond donors (Lipinski definition) is 4. The lowest BCUT2D eigenvalue weighted by Gasteiger charge is -2.20. The molecule has 1 atom stereocenters. The fourth-order valence-electron chi connectivity index (χ4n) is 1.30. The van der Waals surface area contributed by atoms with Gasteiger partial charge < -0.3 is 26.0 Å². The number of nitrogens with two attached hydrogens (primary N) is 1. The molecule has 1 aromatic rings. The zero-order chi connectivity index (χ0) is 14.3. The average molecular weight is 268 g/mol. The maximum Gasteiger partial charge on any atom is 0.223 e. The van der Waals surface area contributed by atoms with E-state index >= 15 is 0 Å². The summed E-state index contributed by atoms with van der Waals surface area (Å²) < 4.78 is 5.36. The number of carbonyl (C=O) groups excluding carboxylic acids is 1. The summed E-state index contributed by atoms with van der Waals surface area (Å²) in [4.78, 5) is 11.5. The molecule has 106 valence electrons. The molecule has 6 nitrogen and oxygen atoms in total. The number of nitrogen functional groups attached to an aromatic ring is 1. The van der Waals surface area contributed by atoms with Crippen LogP contribution in [0.25, 0.3) is 0 Å². The second kappa shape index (κ2) is 6.96. The van der Waals surface area contributed by atoms with Crippen LogP contribution in [-0.4, -0.2) is 41.5 Å². The number of rotatable bonds is 7. The first-order chi connectivity index (χ1) is 8.93. The largest absolute Gasteiger partial charge is 0.493 e. The molecule has 1 aromatic carbocycles. The molecule has 0 saturated carbocycles. The molecule has 0 saturated heterocycles. The molecule has 0 spiro atoms. The molecule has 1 rings (SSSR count). The van der Waals surface area contributed by atoms with Gasteiger partial charge in [0.15, 0.2) is 0 Å². The van der Waals surface area contributed by atoms with Crippen molar-refractivity contribution in [1.82, 2.24) is 5.32 Å². The number of aliphatic hydroxyl groups excluding tert-OH is 1. The summed E-state index contributed by atoms with van der Waals surface area (Å²) in [5.74, 6) is 0.354. The first-order valence-electron chi connectivity index (χ1n) is 6.01. The van der Waals surface area contributed by atoms with E-state index in [9.17, 15) is 9.90 Å². The fourth-order valence-corrected chi connectivity index (χ4v) is 1.30. The first kappa shape index (κ1) is 15.3. The summed E-state index contributed by atoms with van der Waals surface area (Å²) in [5, 5.41) is 20.8. The zero-order valence-electron chi connectivity index (χ0n) is 10.9. The maximum absolute atomic E-state index is 11.5. The summed E-state index contributed by atoms with van der Waals surface area (Å²) in [7, 11) is 0. The van der Waals surface area contributed by atoms with Crippen LogP contribution in [0, 0.1) is 0 Å². The van der Waals surface area contributed by atoms with Crippen LogP contribution in [0.3, 0.4) is 0 Å². The predicted octanol–water partition coefficient (Wildman–Crippen LogP) is -0.103. The minimum absolute atomic E-state index is 0.000614. The number of amides is 1. The van der Waals surface area contributed by atoms with Gasteiger partial charge in [0.05, 0.1) is 19.6 Å². The van der Waals surface area contributed by atoms with Crippen molar-refractivity contribution < 1.29 is 19.7 Å². The molecule has 0 aliphatic rings. The summed E-state index contributed by atoms with van der Waals surface area (Å²) in [6.45, 7) is 1.25. The van der Waals surface area contributed by atoms with Crippen LogP contribution in [0.15, 0.2) is 24.3 Å². The van der Waals surface area contributed by atoms with E-state index in [1.54, 1.807) is 24.3 Å². The van der Waals surface area contributed by atoms with Crippen molar-refractivity contribution in [3.05, 3.63) is 24.3 Å². The van der Waals surface area contributed by atoms with Crippen molar-refractivity contribution in [2.24, 2.45) is 0 Å². The SMILES string of the molecule is CC(O)(CO)CNC(=O)CCOc1cccc(N)c1. The zero-order valence-corrected chi connectivity index (χ0v) is 10.9. The second-order valence-electron chi connectivity index (χ2n) is 4.60. The number of aliphatic hydroxyl groups is 2. The lowest BCUT2D eigenvalue weighted by atomic mass is 10.1. The molecule has 1 unspecified atom stereocenters. The second-order valence-corrected chi connectivity index (χ2v) is 4.60. The van der Waals surface area contributed by atoms with E-state index in [0.29, 0.717) is 11.4 Å². The van der Waals surface area contributed by atoms with Crippen LogP contribution in [0.1, 0.15) is 13.3 Å². The third kappa shape index (κ3) is 6.08. The molecule has 19 heavy (non-hydrogen) atoms. The summed E-state index contributed by atoms with van der Waals surface area (Å²) in [5.41, 5.74) is 4.89. The quantitative estimate of drug-likeness (QED) is 0.517. The van der Waals surface area contributed by atoms with E-state index in [4.69, 9.17) is 15.6 Å². The minimum Gasteiger partial charge on any atom is -0.493 e. The average Bonchev–Trinajstić information content (AvgIpc) is 2.37. The Bertz CT molecular complexity index is 421. The van der Waals surface area contributed by atoms with Gasteiger partial charge in [0.2, 0.25) is 5.91 Å². The number of ether oxygens (including phenoxy) is 1. The Hall–Kier alpha value is -1.79. The van der Waals surface area contributed by atoms with Crippen LogP contribution in [0.2, 0.25) is 0 Å². The van der Waals surface area contributed by atoms with E-state index in [0.717, 1.165) is 0 Å². The predicted molar refractivity (Wildman–Crippen MR) is 71.7 cm³/mol. The lowest BCUT2D eigenvalue weighted by Crippen LogP contribution is -2.43. The van der Waals surface area contributed by atoms with Gasteiger partial charge in [-0.15, -0.1) is 0 Å². The molecule has 0 heterocycles. The Labute approximate surface area is 112 Å². The Morgan fingerprint density at radius 1 is 1.53 bits per heavy atom. The van der Waals surface area contributed by atoms with Gasteiger partial charge in [0.25, 0.3) is 0 Å². The number of carbonyl (C=O) groups is 1. The molecule has 0 radical (unpaired) electrons. The molecular weight excluding hydrogens is 248 g/mol. The van der Waals surface area contributed by atoms with Crippen molar-refractivity contribution in [3.63, 3.8) is 0 Å². The Morgan fingerprint density at radius 3 is 2.89 bits per heavy atom. The summed E-state index contributed by atoms with van der Waals surface area (Å²) >= 11 is 0. The van der Waals surface area contributed by atoms with Gasteiger partial charge in [0.1, 0.15) is 11.4 Å². The number of nitrogens with one attached hydrogen (secondary N) is 1. The van der Waals surface area contributed by atoms with Gasteiger partial charge in [0, 0.05) is 18.3 Å². The van der Waals surface area contributed by atoms with Gasteiger partial charge in [-0.2, -0.15) is 0 Å². The van der Waals surface area contributed by atoms with E-state index in [2.05, 4.69) is 5.32 Å². The number of benzene rings is 1. The molecule has 1 amide bonds. The summed E-state index contributed by atoms with van der Waals surface area (Å²) in [6.07, 6.45) is 0.163. The van der Waals surface area contributed by atoms with Gasteiger partial charge in [-0.25, -0.2) is 0 Å². The van der Waals surface area contributed by atoms with Crippen molar-refractivity contribution in [2.75, 3.05) is 25.5 Å². The van der Waals surface area contributed by atoms with Crippen LogP contribution < -0.4 is 15.8 Å². The van der Waals surface area contributed by atoms with Gasteiger partial charge in [-0.05, 0) is 19.1 Å². The highest BCUT2D eigenvalue weighted by Gasteiger charge is 2.19. The third-order valence-corrected chi connectivity index (χ3v) is 2.46. The van der Waals surface area contributed by atoms with Gasteiger partial charge >= 0.3 is 0 Å². The van der Waals surface area contributed by atoms with E-state index in [1.165, 1.54) is 6.92 Å². The highest BCUT2D eigenvalue weighted by molar-refractivity contribution is 5.76. The van der Waals surface area contributed by atoms with Crippen molar-refractivity contribution >= 4 is 11.6 Å². The highest BCUT2D eigenvalue weighted by Crippen LogP contribution is 2.14. The standard InChI is InChI=1S/C13H20N2O4/c1-13(18,9-16)8-15-12(17)5-6-19-11-4-2-3-10(14)7-11/h2-4,7,16,18H,5-6,8-9,14H2,1H3,(H,15,17). The normalized spacial score (nSPS) is 13.6. The van der Waals surface area contributed by atoms with E-state index in [1.807, 2.05) is 0 Å². The Balaban J connectivity index is 2.24. The number of anilines is 1. The maximum atomic E-state index is 11.5. The molecule has 0 bridgehead atoms. The molecule has 0 fully saturated rings. The topological polar surface area (TPSA) is 105 Å². The van der Waals surface area contributed by atoms with Crippen molar-refractivity contribution in [2.45, 2.75) is 18.9 Å². The molecular formula is C13H20N2O4. The third-order valence-electron chi connectivity index (χ3n) is 2.46. The van der Waals surface area contributed by atoms with Crippen molar-refractivity contribution in [3.8, 4) is 5.75 Å². The summed E-state index contributed by atoms with van der Waals surface area (Å²) in [6, 6.07) is 6.94. The molecule has 0 aliphatic heterocycles. The van der Waals surface area contributed by atoms with Crippen LogP contribution >= 0.6 is 0 Å². The lowest BCUT2D eigenvalue weighted by molar-refractivity contribution is -0.123. The minimum atomic E-state index is -1.30. The molecule has 5 N–H and O–H groups in total. The Morgan fingerprint density at radius 2 is 2.26 bits per heavy atom. The molecule has 0 aromatic heterocycles.